The fourth-order valence-corrected chi connectivity index (χ4v) is 8.93. The SMILES string of the molecule is C[Si](C)(Cc1ccccc1)[C@H]1C[C@@H]1N1C(=O)O[C@@H](c2ccccc2)[C@H]1c1ccccc1. The molecule has 0 aromatic heterocycles. The average molecular weight is 428 g/mol. The van der Waals surface area contributed by atoms with Gasteiger partial charge >= 0.3 is 6.09 Å². The number of benzene rings is 3. The van der Waals surface area contributed by atoms with Crippen LogP contribution in [0, 0.1) is 0 Å². The Labute approximate surface area is 185 Å². The molecule has 3 nitrogen and oxygen atoms in total. The Morgan fingerprint density at radius 2 is 1.39 bits per heavy atom. The number of hydrogen-bond donors (Lipinski definition) is 0. The molecule has 4 heteroatoms. The van der Waals surface area contributed by atoms with E-state index >= 15 is 0 Å². The summed E-state index contributed by atoms with van der Waals surface area (Å²) in [5.74, 6) is 0. The monoisotopic (exact) mass is 427 g/mol. The van der Waals surface area contributed by atoms with Crippen LogP contribution in [0.5, 0.6) is 0 Å². The zero-order chi connectivity index (χ0) is 21.4. The fraction of sp³-hybridized carbons (Fsp3) is 0.296. The number of nitrogens with zero attached hydrogens (tertiary/aromatic N) is 1. The van der Waals surface area contributed by atoms with Gasteiger partial charge in [0, 0.05) is 6.04 Å². The van der Waals surface area contributed by atoms with Crippen LogP contribution in [-0.2, 0) is 10.8 Å². The van der Waals surface area contributed by atoms with Crippen molar-refractivity contribution in [3.8, 4) is 0 Å². The molecule has 31 heavy (non-hydrogen) atoms. The minimum absolute atomic E-state index is 0.0763. The Balaban J connectivity index is 1.43. The van der Waals surface area contributed by atoms with Gasteiger partial charge in [0.25, 0.3) is 0 Å². The maximum absolute atomic E-state index is 13.2. The molecule has 1 heterocycles. The summed E-state index contributed by atoms with van der Waals surface area (Å²) < 4.78 is 6.01. The summed E-state index contributed by atoms with van der Waals surface area (Å²) >= 11 is 0. The molecule has 158 valence electrons. The van der Waals surface area contributed by atoms with Gasteiger partial charge in [0.05, 0.1) is 8.07 Å². The van der Waals surface area contributed by atoms with E-state index in [1.807, 2.05) is 24.3 Å². The third kappa shape index (κ3) is 3.92. The number of carbonyl (C=O) groups is 1. The molecule has 4 atom stereocenters. The minimum Gasteiger partial charge on any atom is -0.439 e. The summed E-state index contributed by atoms with van der Waals surface area (Å²) in [6.45, 7) is 4.94. The lowest BCUT2D eigenvalue weighted by Gasteiger charge is -2.29. The van der Waals surface area contributed by atoms with E-state index < -0.39 is 8.07 Å². The lowest BCUT2D eigenvalue weighted by Crippen LogP contribution is -2.37. The van der Waals surface area contributed by atoms with Crippen molar-refractivity contribution in [2.24, 2.45) is 0 Å². The van der Waals surface area contributed by atoms with Gasteiger partial charge in [-0.05, 0) is 29.1 Å². The normalized spacial score (nSPS) is 25.4. The van der Waals surface area contributed by atoms with Crippen LogP contribution >= 0.6 is 0 Å². The van der Waals surface area contributed by atoms with Crippen molar-refractivity contribution in [3.05, 3.63) is 108 Å². The number of amides is 1. The van der Waals surface area contributed by atoms with Crippen molar-refractivity contribution in [2.45, 2.75) is 49.3 Å². The van der Waals surface area contributed by atoms with Gasteiger partial charge in [-0.2, -0.15) is 0 Å². The van der Waals surface area contributed by atoms with Gasteiger partial charge in [-0.15, -0.1) is 0 Å². The highest BCUT2D eigenvalue weighted by Gasteiger charge is 2.58. The quantitative estimate of drug-likeness (QED) is 0.417. The van der Waals surface area contributed by atoms with Crippen molar-refractivity contribution in [3.63, 3.8) is 0 Å². The molecule has 0 unspecified atom stereocenters. The van der Waals surface area contributed by atoms with E-state index in [0.29, 0.717) is 5.54 Å². The third-order valence-corrected chi connectivity index (χ3v) is 10.9. The molecule has 0 N–H and O–H groups in total. The molecule has 0 radical (unpaired) electrons. The predicted molar refractivity (Wildman–Crippen MR) is 126 cm³/mol. The molecule has 1 saturated heterocycles. The second kappa shape index (κ2) is 8.01. The van der Waals surface area contributed by atoms with E-state index in [0.717, 1.165) is 23.6 Å². The highest BCUT2D eigenvalue weighted by atomic mass is 28.3. The first-order valence-corrected chi connectivity index (χ1v) is 14.5. The maximum Gasteiger partial charge on any atom is 0.411 e. The Bertz CT molecular complexity index is 1040. The van der Waals surface area contributed by atoms with Crippen molar-refractivity contribution < 1.29 is 9.53 Å². The Hall–Kier alpha value is -2.85. The minimum atomic E-state index is -1.55. The van der Waals surface area contributed by atoms with E-state index in [1.165, 1.54) is 5.56 Å². The van der Waals surface area contributed by atoms with Crippen LogP contribution in [0.1, 0.15) is 35.3 Å². The molecular formula is C27H29NO2Si. The molecule has 2 aliphatic rings. The summed E-state index contributed by atoms with van der Waals surface area (Å²) in [6.07, 6.45) is 0.655. The second-order valence-corrected chi connectivity index (χ2v) is 14.6. The summed E-state index contributed by atoms with van der Waals surface area (Å²) in [4.78, 5) is 15.2. The topological polar surface area (TPSA) is 29.5 Å². The van der Waals surface area contributed by atoms with Crippen molar-refractivity contribution in [1.29, 1.82) is 0 Å². The van der Waals surface area contributed by atoms with Gasteiger partial charge in [0.1, 0.15) is 6.04 Å². The van der Waals surface area contributed by atoms with Crippen molar-refractivity contribution in [2.75, 3.05) is 0 Å². The van der Waals surface area contributed by atoms with Gasteiger partial charge in [-0.1, -0.05) is 110 Å². The largest absolute Gasteiger partial charge is 0.439 e. The van der Waals surface area contributed by atoms with Gasteiger partial charge in [0.2, 0.25) is 0 Å². The highest BCUT2D eigenvalue weighted by Crippen LogP contribution is 2.56. The average Bonchev–Trinajstić information content (AvgIpc) is 3.52. The second-order valence-electron chi connectivity index (χ2n) is 9.54. The molecule has 1 aliphatic carbocycles. The third-order valence-electron chi connectivity index (χ3n) is 6.91. The summed E-state index contributed by atoms with van der Waals surface area (Å²) in [6, 6.07) is 32.7. The molecule has 5 rings (SSSR count). The van der Waals surface area contributed by atoms with Gasteiger partial charge in [0.15, 0.2) is 6.10 Å². The number of cyclic esters (lactones) is 1. The van der Waals surface area contributed by atoms with E-state index in [-0.39, 0.29) is 24.3 Å². The summed E-state index contributed by atoms with van der Waals surface area (Å²) in [5.41, 5.74) is 4.22. The lowest BCUT2D eigenvalue weighted by atomic mass is 9.95. The highest BCUT2D eigenvalue weighted by molar-refractivity contribution is 6.79. The van der Waals surface area contributed by atoms with E-state index in [1.54, 1.807) is 0 Å². The molecule has 1 saturated carbocycles. The molecule has 0 bridgehead atoms. The van der Waals surface area contributed by atoms with Crippen LogP contribution < -0.4 is 0 Å². The zero-order valence-corrected chi connectivity index (χ0v) is 19.1. The van der Waals surface area contributed by atoms with E-state index in [9.17, 15) is 4.79 Å². The van der Waals surface area contributed by atoms with Crippen LogP contribution in [-0.4, -0.2) is 25.1 Å². The Kier molecular flexibility index (Phi) is 5.18. The van der Waals surface area contributed by atoms with Crippen molar-refractivity contribution in [1.82, 2.24) is 4.90 Å². The first kappa shape index (κ1) is 20.1. The van der Waals surface area contributed by atoms with Crippen LogP contribution in [0.2, 0.25) is 18.6 Å². The van der Waals surface area contributed by atoms with E-state index in [4.69, 9.17) is 4.74 Å². The van der Waals surface area contributed by atoms with Crippen LogP contribution in [0.4, 0.5) is 4.79 Å². The Morgan fingerprint density at radius 3 is 2.00 bits per heavy atom. The molecule has 1 aliphatic heterocycles. The van der Waals surface area contributed by atoms with Crippen LogP contribution in [0.3, 0.4) is 0 Å². The summed E-state index contributed by atoms with van der Waals surface area (Å²) in [5, 5.41) is 0. The zero-order valence-electron chi connectivity index (χ0n) is 18.1. The maximum atomic E-state index is 13.2. The molecule has 0 spiro atoms. The standard InChI is InChI=1S/C27H29NO2Si/c1-31(2,19-20-12-6-3-7-13-20)24-18-23(24)28-25(21-14-8-4-9-15-21)26(30-27(28)29)22-16-10-5-11-17-22/h3-17,23-26H,18-19H2,1-2H3/t23-,24-,25+,26-/m0/s1. The first-order valence-electron chi connectivity index (χ1n) is 11.2. The Morgan fingerprint density at radius 1 is 0.839 bits per heavy atom. The molecule has 3 aromatic rings. The van der Waals surface area contributed by atoms with Gasteiger partial charge in [-0.25, -0.2) is 4.79 Å². The first-order chi connectivity index (χ1) is 15.0. The lowest BCUT2D eigenvalue weighted by molar-refractivity contribution is 0.129. The number of ether oxygens (including phenoxy) is 1. The molecule has 2 fully saturated rings. The smallest absolute Gasteiger partial charge is 0.411 e. The molecule has 1 amide bonds. The van der Waals surface area contributed by atoms with E-state index in [2.05, 4.69) is 84.7 Å². The van der Waals surface area contributed by atoms with Crippen LogP contribution in [0.25, 0.3) is 0 Å². The fourth-order valence-electron chi connectivity index (χ4n) is 5.30. The predicted octanol–water partition coefficient (Wildman–Crippen LogP) is 6.55. The van der Waals surface area contributed by atoms with Gasteiger partial charge < -0.3 is 4.74 Å². The number of hydrogen-bond acceptors (Lipinski definition) is 2. The summed E-state index contributed by atoms with van der Waals surface area (Å²) in [7, 11) is -1.55. The van der Waals surface area contributed by atoms with Gasteiger partial charge in [-0.3, -0.25) is 4.90 Å². The molecular weight excluding hydrogens is 398 g/mol. The van der Waals surface area contributed by atoms with Crippen LogP contribution in [0.15, 0.2) is 91.0 Å². The number of carbonyl (C=O) groups excluding carboxylic acids is 1. The molecule has 3 aromatic carbocycles. The number of rotatable bonds is 6. The van der Waals surface area contributed by atoms with Crippen molar-refractivity contribution >= 4 is 14.2 Å².